The minimum Gasteiger partial charge on any atom is -0.480 e. The van der Waals surface area contributed by atoms with Crippen molar-refractivity contribution >= 4 is 34.5 Å². The molecule has 1 aliphatic heterocycles. The number of ether oxygens (including phenoxy) is 1. The van der Waals surface area contributed by atoms with E-state index < -0.39 is 12.0 Å². The van der Waals surface area contributed by atoms with E-state index in [4.69, 9.17) is 4.74 Å². The number of hydrogen-bond acceptors (Lipinski definition) is 3. The van der Waals surface area contributed by atoms with Gasteiger partial charge in [0.25, 0.3) is 5.91 Å². The monoisotopic (exact) mass is 375 g/mol. The summed E-state index contributed by atoms with van der Waals surface area (Å²) in [5.74, 6) is -1.25. The first-order valence-corrected chi connectivity index (χ1v) is 6.93. The van der Waals surface area contributed by atoms with Gasteiger partial charge in [0.05, 0.1) is 6.10 Å². The zero-order chi connectivity index (χ0) is 14.0. The molecule has 1 aliphatic rings. The van der Waals surface area contributed by atoms with E-state index in [2.05, 4.69) is 22.6 Å². The smallest absolute Gasteiger partial charge is 0.326 e. The van der Waals surface area contributed by atoms with Gasteiger partial charge in [0, 0.05) is 29.2 Å². The van der Waals surface area contributed by atoms with Gasteiger partial charge in [-0.3, -0.25) is 4.79 Å². The standard InChI is InChI=1S/C13H14INO4/c1-19-10-6-11(13(17)18)15(7-10)12(16)8-3-2-4-9(14)5-8/h2-5,10-11H,6-7H2,1H3,(H,17,18). The summed E-state index contributed by atoms with van der Waals surface area (Å²) >= 11 is 2.12. The lowest BCUT2D eigenvalue weighted by molar-refractivity contribution is -0.141. The predicted octanol–water partition coefficient (Wildman–Crippen LogP) is 1.61. The molecule has 1 N–H and O–H groups in total. The van der Waals surface area contributed by atoms with E-state index in [1.807, 2.05) is 6.07 Å². The van der Waals surface area contributed by atoms with Crippen LogP contribution in [0, 0.1) is 3.57 Å². The lowest BCUT2D eigenvalue weighted by atomic mass is 10.1. The maximum absolute atomic E-state index is 12.4. The quantitative estimate of drug-likeness (QED) is 0.816. The molecule has 1 aromatic carbocycles. The molecule has 2 atom stereocenters. The molecule has 0 bridgehead atoms. The molecular formula is C13H14INO4. The van der Waals surface area contributed by atoms with E-state index in [0.29, 0.717) is 18.5 Å². The molecule has 1 fully saturated rings. The average molecular weight is 375 g/mol. The van der Waals surface area contributed by atoms with Crippen LogP contribution in [0.2, 0.25) is 0 Å². The fraction of sp³-hybridized carbons (Fsp3) is 0.385. The molecule has 6 heteroatoms. The number of hydrogen-bond donors (Lipinski definition) is 1. The molecule has 1 aromatic rings. The number of carboxylic acid groups (broad SMARTS) is 1. The number of carbonyl (C=O) groups excluding carboxylic acids is 1. The molecule has 0 saturated carbocycles. The van der Waals surface area contributed by atoms with Gasteiger partial charge in [-0.2, -0.15) is 0 Å². The molecule has 0 spiro atoms. The van der Waals surface area contributed by atoms with Crippen LogP contribution < -0.4 is 0 Å². The van der Waals surface area contributed by atoms with Crippen LogP contribution >= 0.6 is 22.6 Å². The Kier molecular flexibility index (Phi) is 4.41. The van der Waals surface area contributed by atoms with Gasteiger partial charge in [-0.1, -0.05) is 6.07 Å². The van der Waals surface area contributed by atoms with Crippen LogP contribution in [-0.2, 0) is 9.53 Å². The van der Waals surface area contributed by atoms with Crippen LogP contribution in [-0.4, -0.2) is 47.7 Å². The van der Waals surface area contributed by atoms with Gasteiger partial charge in [0.15, 0.2) is 0 Å². The maximum Gasteiger partial charge on any atom is 0.326 e. The number of carbonyl (C=O) groups is 2. The minimum atomic E-state index is -0.987. The van der Waals surface area contributed by atoms with Gasteiger partial charge in [0.1, 0.15) is 6.04 Å². The molecule has 2 unspecified atom stereocenters. The first-order chi connectivity index (χ1) is 9.02. The highest BCUT2D eigenvalue weighted by Gasteiger charge is 2.40. The lowest BCUT2D eigenvalue weighted by Crippen LogP contribution is -2.40. The van der Waals surface area contributed by atoms with Crippen LogP contribution in [0.1, 0.15) is 16.8 Å². The molecule has 0 radical (unpaired) electrons. The largest absolute Gasteiger partial charge is 0.480 e. The van der Waals surface area contributed by atoms with Gasteiger partial charge < -0.3 is 14.7 Å². The summed E-state index contributed by atoms with van der Waals surface area (Å²) in [6.07, 6.45) is 0.120. The first kappa shape index (κ1) is 14.3. The van der Waals surface area contributed by atoms with Crippen molar-refractivity contribution in [3.63, 3.8) is 0 Å². The molecule has 2 rings (SSSR count). The second-order valence-corrected chi connectivity index (χ2v) is 5.66. The van der Waals surface area contributed by atoms with Crippen molar-refractivity contribution < 1.29 is 19.4 Å². The molecule has 0 aliphatic carbocycles. The van der Waals surface area contributed by atoms with Crippen molar-refractivity contribution in [1.29, 1.82) is 0 Å². The van der Waals surface area contributed by atoms with Crippen LogP contribution in [0.3, 0.4) is 0 Å². The molecule has 102 valence electrons. The van der Waals surface area contributed by atoms with Crippen LogP contribution in [0.5, 0.6) is 0 Å². The van der Waals surface area contributed by atoms with E-state index >= 15 is 0 Å². The first-order valence-electron chi connectivity index (χ1n) is 5.85. The molecule has 1 heterocycles. The third kappa shape index (κ3) is 3.06. The second kappa shape index (κ2) is 5.87. The molecule has 5 nitrogen and oxygen atoms in total. The molecule has 0 aromatic heterocycles. The minimum absolute atomic E-state index is 0.215. The van der Waals surface area contributed by atoms with Gasteiger partial charge >= 0.3 is 5.97 Å². The predicted molar refractivity (Wildman–Crippen MR) is 77.0 cm³/mol. The summed E-state index contributed by atoms with van der Waals surface area (Å²) < 4.78 is 6.12. The number of rotatable bonds is 3. The summed E-state index contributed by atoms with van der Waals surface area (Å²) in [6.45, 7) is 0.317. The number of nitrogens with zero attached hydrogens (tertiary/aromatic N) is 1. The summed E-state index contributed by atoms with van der Waals surface area (Å²) in [4.78, 5) is 25.0. The highest BCUT2D eigenvalue weighted by atomic mass is 127. The number of methoxy groups -OCH3 is 1. The Balaban J connectivity index is 2.24. The Morgan fingerprint density at radius 1 is 1.47 bits per heavy atom. The van der Waals surface area contributed by atoms with E-state index in [9.17, 15) is 14.7 Å². The van der Waals surface area contributed by atoms with Crippen LogP contribution in [0.15, 0.2) is 24.3 Å². The van der Waals surface area contributed by atoms with Crippen LogP contribution in [0.4, 0.5) is 0 Å². The lowest BCUT2D eigenvalue weighted by Gasteiger charge is -2.21. The number of benzene rings is 1. The van der Waals surface area contributed by atoms with Crippen molar-refractivity contribution in [2.45, 2.75) is 18.6 Å². The van der Waals surface area contributed by atoms with Crippen molar-refractivity contribution in [3.8, 4) is 0 Å². The van der Waals surface area contributed by atoms with Crippen molar-refractivity contribution in [1.82, 2.24) is 4.90 Å². The SMILES string of the molecule is COC1CC(C(=O)O)N(C(=O)c2cccc(I)c2)C1. The van der Waals surface area contributed by atoms with E-state index in [1.165, 1.54) is 12.0 Å². The summed E-state index contributed by atoms with van der Waals surface area (Å²) in [6, 6.07) is 6.31. The Labute approximate surface area is 124 Å². The Morgan fingerprint density at radius 3 is 2.79 bits per heavy atom. The number of carboxylic acids is 1. The van der Waals surface area contributed by atoms with E-state index in [0.717, 1.165) is 3.57 Å². The highest BCUT2D eigenvalue weighted by Crippen LogP contribution is 2.23. The van der Waals surface area contributed by atoms with Crippen molar-refractivity contribution in [3.05, 3.63) is 33.4 Å². The fourth-order valence-electron chi connectivity index (χ4n) is 2.21. The normalized spacial score (nSPS) is 22.5. The van der Waals surface area contributed by atoms with Gasteiger partial charge in [-0.05, 0) is 40.8 Å². The fourth-order valence-corrected chi connectivity index (χ4v) is 2.76. The average Bonchev–Trinajstić information content (AvgIpc) is 2.82. The van der Waals surface area contributed by atoms with Gasteiger partial charge in [-0.25, -0.2) is 4.79 Å². The maximum atomic E-state index is 12.4. The van der Waals surface area contributed by atoms with Crippen LogP contribution in [0.25, 0.3) is 0 Å². The Morgan fingerprint density at radius 2 is 2.21 bits per heavy atom. The number of aliphatic carboxylic acids is 1. The van der Waals surface area contributed by atoms with Crippen molar-refractivity contribution in [2.24, 2.45) is 0 Å². The molecule has 1 amide bonds. The Bertz CT molecular complexity index is 505. The molecule has 1 saturated heterocycles. The number of halogens is 1. The van der Waals surface area contributed by atoms with Gasteiger partial charge in [0.2, 0.25) is 0 Å². The van der Waals surface area contributed by atoms with Gasteiger partial charge in [-0.15, -0.1) is 0 Å². The topological polar surface area (TPSA) is 66.8 Å². The molecular weight excluding hydrogens is 361 g/mol. The number of likely N-dealkylation sites (tertiary alicyclic amines) is 1. The zero-order valence-corrected chi connectivity index (χ0v) is 12.5. The highest BCUT2D eigenvalue weighted by molar-refractivity contribution is 14.1. The molecule has 19 heavy (non-hydrogen) atoms. The number of amides is 1. The van der Waals surface area contributed by atoms with Crippen molar-refractivity contribution in [2.75, 3.05) is 13.7 Å². The Hall–Kier alpha value is -1.15. The third-order valence-electron chi connectivity index (χ3n) is 3.21. The van der Waals surface area contributed by atoms with E-state index in [1.54, 1.807) is 18.2 Å². The summed E-state index contributed by atoms with van der Waals surface area (Å²) in [5.41, 5.74) is 0.509. The summed E-state index contributed by atoms with van der Waals surface area (Å²) in [7, 11) is 1.53. The van der Waals surface area contributed by atoms with E-state index in [-0.39, 0.29) is 12.0 Å². The summed E-state index contributed by atoms with van der Waals surface area (Å²) in [5, 5.41) is 9.20. The second-order valence-electron chi connectivity index (χ2n) is 4.42. The third-order valence-corrected chi connectivity index (χ3v) is 3.88. The zero-order valence-electron chi connectivity index (χ0n) is 10.4.